The number of hydrogen-bond donors (Lipinski definition) is 3. The van der Waals surface area contributed by atoms with E-state index >= 15 is 0 Å². The molecule has 4 heteroatoms. The quantitative estimate of drug-likeness (QED) is 0.420. The van der Waals surface area contributed by atoms with Crippen molar-refractivity contribution in [1.82, 2.24) is 0 Å². The van der Waals surface area contributed by atoms with E-state index in [1.165, 1.54) is 6.21 Å². The first-order chi connectivity index (χ1) is 5.70. The van der Waals surface area contributed by atoms with Gasteiger partial charge in [0.2, 0.25) is 5.96 Å². The van der Waals surface area contributed by atoms with E-state index in [0.717, 1.165) is 0 Å². The van der Waals surface area contributed by atoms with Gasteiger partial charge < -0.3 is 10.8 Å². The number of nitrogens with one attached hydrogen (secondary N) is 1. The van der Waals surface area contributed by atoms with E-state index in [2.05, 4.69) is 4.99 Å². The van der Waals surface area contributed by atoms with Crippen LogP contribution in [0.1, 0.15) is 5.56 Å². The number of phenolic OH excluding ortho intramolecular Hbond substituents is 1. The molecule has 4 N–H and O–H groups in total. The fourth-order valence-corrected chi connectivity index (χ4v) is 0.736. The van der Waals surface area contributed by atoms with E-state index in [-0.39, 0.29) is 11.7 Å². The van der Waals surface area contributed by atoms with Gasteiger partial charge in [-0.15, -0.1) is 0 Å². The summed E-state index contributed by atoms with van der Waals surface area (Å²) in [6, 6.07) is 6.70. The Bertz CT molecular complexity index is 320. The maximum Gasteiger partial charge on any atom is 0.212 e. The number of hydrogen-bond acceptors (Lipinski definition) is 2. The molecule has 0 heterocycles. The topological polar surface area (TPSA) is 82.5 Å². The Morgan fingerprint density at radius 3 is 2.75 bits per heavy atom. The summed E-state index contributed by atoms with van der Waals surface area (Å²) in [5.41, 5.74) is 5.54. The average molecular weight is 163 g/mol. The van der Waals surface area contributed by atoms with Gasteiger partial charge in [-0.25, -0.2) is 4.99 Å². The highest BCUT2D eigenvalue weighted by Crippen LogP contribution is 2.12. The van der Waals surface area contributed by atoms with Gasteiger partial charge in [0.25, 0.3) is 0 Å². The van der Waals surface area contributed by atoms with E-state index < -0.39 is 0 Å². The third kappa shape index (κ3) is 2.09. The van der Waals surface area contributed by atoms with Gasteiger partial charge in [-0.3, -0.25) is 5.41 Å². The Morgan fingerprint density at radius 2 is 2.17 bits per heavy atom. The molecular formula is C8H9N3O. The maximum absolute atomic E-state index is 9.22. The third-order valence-electron chi connectivity index (χ3n) is 1.28. The fraction of sp³-hybridized carbons (Fsp3) is 0. The second-order valence-electron chi connectivity index (χ2n) is 2.20. The number of rotatable bonds is 1. The number of benzene rings is 1. The largest absolute Gasteiger partial charge is 0.507 e. The van der Waals surface area contributed by atoms with Crippen LogP contribution in [-0.4, -0.2) is 17.3 Å². The van der Waals surface area contributed by atoms with Crippen molar-refractivity contribution < 1.29 is 5.11 Å². The second kappa shape index (κ2) is 3.52. The zero-order valence-electron chi connectivity index (χ0n) is 6.36. The van der Waals surface area contributed by atoms with E-state index in [0.29, 0.717) is 5.56 Å². The standard InChI is InChI=1S/C8H9N3O/c9-8(10)11-5-6-3-1-2-4-7(6)12/h1-5,12H,(H3,9,10)/b11-5+. The highest BCUT2D eigenvalue weighted by atomic mass is 16.3. The molecule has 62 valence electrons. The normalized spacial score (nSPS) is 10.3. The van der Waals surface area contributed by atoms with Gasteiger partial charge in [0, 0.05) is 11.8 Å². The molecular weight excluding hydrogens is 154 g/mol. The lowest BCUT2D eigenvalue weighted by Crippen LogP contribution is -2.05. The van der Waals surface area contributed by atoms with Crippen molar-refractivity contribution in [2.24, 2.45) is 10.7 Å². The first-order valence-electron chi connectivity index (χ1n) is 3.36. The van der Waals surface area contributed by atoms with Crippen molar-refractivity contribution in [2.45, 2.75) is 0 Å². The molecule has 1 aromatic rings. The summed E-state index contributed by atoms with van der Waals surface area (Å²) in [6.45, 7) is 0. The van der Waals surface area contributed by atoms with E-state index in [1.807, 2.05) is 0 Å². The highest BCUT2D eigenvalue weighted by Gasteiger charge is 1.93. The number of guanidine groups is 1. The van der Waals surface area contributed by atoms with E-state index in [1.54, 1.807) is 24.3 Å². The number of aromatic hydroxyl groups is 1. The molecule has 0 spiro atoms. The Hall–Kier alpha value is -1.84. The predicted molar refractivity (Wildman–Crippen MR) is 47.6 cm³/mol. The van der Waals surface area contributed by atoms with Crippen LogP contribution in [0.25, 0.3) is 0 Å². The Balaban J connectivity index is 2.89. The van der Waals surface area contributed by atoms with Gasteiger partial charge >= 0.3 is 0 Å². The van der Waals surface area contributed by atoms with Crippen LogP contribution in [-0.2, 0) is 0 Å². The Morgan fingerprint density at radius 1 is 1.50 bits per heavy atom. The van der Waals surface area contributed by atoms with Crippen molar-refractivity contribution in [3.05, 3.63) is 29.8 Å². The van der Waals surface area contributed by atoms with Crippen LogP contribution in [0.2, 0.25) is 0 Å². The molecule has 0 radical (unpaired) electrons. The molecule has 0 saturated heterocycles. The molecule has 0 saturated carbocycles. The molecule has 0 aliphatic carbocycles. The molecule has 0 bridgehead atoms. The zero-order valence-corrected chi connectivity index (χ0v) is 6.36. The lowest BCUT2D eigenvalue weighted by Gasteiger charge is -1.95. The van der Waals surface area contributed by atoms with Crippen molar-refractivity contribution in [3.8, 4) is 5.75 Å². The lowest BCUT2D eigenvalue weighted by molar-refractivity contribution is 0.474. The molecule has 0 fully saturated rings. The van der Waals surface area contributed by atoms with Crippen LogP contribution < -0.4 is 5.73 Å². The summed E-state index contributed by atoms with van der Waals surface area (Å²) in [4.78, 5) is 3.53. The minimum absolute atomic E-state index is 0.127. The monoisotopic (exact) mass is 163 g/mol. The molecule has 1 rings (SSSR count). The maximum atomic E-state index is 9.22. The number of nitrogens with two attached hydrogens (primary N) is 1. The minimum Gasteiger partial charge on any atom is -0.507 e. The van der Waals surface area contributed by atoms with Crippen LogP contribution in [0.5, 0.6) is 5.75 Å². The van der Waals surface area contributed by atoms with Gasteiger partial charge in [-0.2, -0.15) is 0 Å². The van der Waals surface area contributed by atoms with E-state index in [4.69, 9.17) is 11.1 Å². The summed E-state index contributed by atoms with van der Waals surface area (Å²) in [6.07, 6.45) is 1.34. The van der Waals surface area contributed by atoms with Gasteiger partial charge in [-0.05, 0) is 12.1 Å². The summed E-state index contributed by atoms with van der Waals surface area (Å²) in [5, 5.41) is 16.0. The molecule has 0 aliphatic heterocycles. The average Bonchev–Trinajstić information content (AvgIpc) is 2.03. The van der Waals surface area contributed by atoms with Gasteiger partial charge in [0.1, 0.15) is 5.75 Å². The van der Waals surface area contributed by atoms with Crippen molar-refractivity contribution >= 4 is 12.2 Å². The highest BCUT2D eigenvalue weighted by molar-refractivity contribution is 5.92. The minimum atomic E-state index is -0.279. The summed E-state index contributed by atoms with van der Waals surface area (Å²) >= 11 is 0. The lowest BCUT2D eigenvalue weighted by atomic mass is 10.2. The van der Waals surface area contributed by atoms with Crippen molar-refractivity contribution in [2.75, 3.05) is 0 Å². The number of phenols is 1. The van der Waals surface area contributed by atoms with Crippen molar-refractivity contribution in [3.63, 3.8) is 0 Å². The third-order valence-corrected chi connectivity index (χ3v) is 1.28. The van der Waals surface area contributed by atoms with E-state index in [9.17, 15) is 5.11 Å². The van der Waals surface area contributed by atoms with Gasteiger partial charge in [-0.1, -0.05) is 12.1 Å². The number of para-hydroxylation sites is 1. The SMILES string of the molecule is N=C(N)/N=C/c1ccccc1O. The van der Waals surface area contributed by atoms with Gasteiger partial charge in [0.15, 0.2) is 0 Å². The first kappa shape index (κ1) is 8.26. The van der Waals surface area contributed by atoms with Crippen LogP contribution in [0.3, 0.4) is 0 Å². The summed E-state index contributed by atoms with van der Waals surface area (Å²) < 4.78 is 0. The molecule has 0 aromatic heterocycles. The van der Waals surface area contributed by atoms with Crippen LogP contribution in [0, 0.1) is 5.41 Å². The molecule has 12 heavy (non-hydrogen) atoms. The van der Waals surface area contributed by atoms with Crippen LogP contribution >= 0.6 is 0 Å². The molecule has 0 unspecified atom stereocenters. The predicted octanol–water partition coefficient (Wildman–Crippen LogP) is 0.705. The number of nitrogens with zero attached hydrogens (tertiary/aromatic N) is 1. The Kier molecular flexibility index (Phi) is 2.42. The summed E-state index contributed by atoms with van der Waals surface area (Å²) in [7, 11) is 0. The van der Waals surface area contributed by atoms with Gasteiger partial charge in [0.05, 0.1) is 0 Å². The van der Waals surface area contributed by atoms with Crippen molar-refractivity contribution in [1.29, 1.82) is 5.41 Å². The zero-order chi connectivity index (χ0) is 8.97. The molecule has 1 aromatic carbocycles. The fourth-order valence-electron chi connectivity index (χ4n) is 0.736. The number of aliphatic imine (C=N–C) groups is 1. The summed E-state index contributed by atoms with van der Waals surface area (Å²) in [5.74, 6) is -0.152. The Labute approximate surface area is 69.9 Å². The molecule has 0 amide bonds. The molecule has 0 aliphatic rings. The first-order valence-corrected chi connectivity index (χ1v) is 3.36. The second-order valence-corrected chi connectivity index (χ2v) is 2.20. The van der Waals surface area contributed by atoms with Crippen LogP contribution in [0.15, 0.2) is 29.3 Å². The van der Waals surface area contributed by atoms with Crippen LogP contribution in [0.4, 0.5) is 0 Å². The smallest absolute Gasteiger partial charge is 0.212 e. The molecule has 4 nitrogen and oxygen atoms in total. The molecule has 0 atom stereocenters.